The Labute approximate surface area is 59.7 Å². The number of carboxylic acid groups (broad SMARTS) is 1. The van der Waals surface area contributed by atoms with Crippen LogP contribution in [0.1, 0.15) is 26.2 Å². The van der Waals surface area contributed by atoms with Crippen LogP contribution < -0.4 is 10.8 Å². The van der Waals surface area contributed by atoms with E-state index in [0.717, 1.165) is 6.42 Å². The first-order valence-corrected chi connectivity index (χ1v) is 3.23. The molecule has 0 aliphatic rings. The molecule has 1 unspecified atom stereocenters. The summed E-state index contributed by atoms with van der Waals surface area (Å²) in [4.78, 5) is 10.0. The van der Waals surface area contributed by atoms with E-state index in [1.54, 1.807) is 0 Å². The van der Waals surface area contributed by atoms with Crippen LogP contribution in [-0.2, 0) is 4.79 Å². The zero-order valence-corrected chi connectivity index (χ0v) is 5.96. The van der Waals surface area contributed by atoms with Crippen molar-refractivity contribution in [3.05, 3.63) is 0 Å². The molecule has 60 valence electrons. The molecule has 0 saturated carbocycles. The maximum Gasteiger partial charge on any atom is 0.153 e. The van der Waals surface area contributed by atoms with Gasteiger partial charge in [0.15, 0.2) is 5.72 Å². The van der Waals surface area contributed by atoms with Crippen molar-refractivity contribution in [2.75, 3.05) is 0 Å². The number of aliphatic carboxylic acids is 1. The zero-order valence-electron chi connectivity index (χ0n) is 5.96. The molecule has 0 radical (unpaired) electrons. The van der Waals surface area contributed by atoms with Crippen molar-refractivity contribution >= 4 is 5.97 Å². The highest BCUT2D eigenvalue weighted by Crippen LogP contribution is 2.05. The van der Waals surface area contributed by atoms with Gasteiger partial charge in [-0.25, -0.2) is 0 Å². The van der Waals surface area contributed by atoms with Gasteiger partial charge in [-0.2, -0.15) is 0 Å². The first-order valence-electron chi connectivity index (χ1n) is 3.23. The fourth-order valence-electron chi connectivity index (χ4n) is 0.548. The van der Waals surface area contributed by atoms with E-state index in [2.05, 4.69) is 0 Å². The van der Waals surface area contributed by atoms with E-state index < -0.39 is 11.7 Å². The second-order valence-corrected chi connectivity index (χ2v) is 2.32. The Balaban J connectivity index is 3.75. The molecule has 0 aromatic carbocycles. The smallest absolute Gasteiger partial charge is 0.153 e. The van der Waals surface area contributed by atoms with Crippen molar-refractivity contribution in [2.24, 2.45) is 5.73 Å². The summed E-state index contributed by atoms with van der Waals surface area (Å²) in [6.07, 6.45) is 1.43. The van der Waals surface area contributed by atoms with Crippen LogP contribution >= 0.6 is 0 Å². The molecule has 4 heteroatoms. The molecule has 0 fully saturated rings. The van der Waals surface area contributed by atoms with Crippen LogP contribution in [0, 0.1) is 0 Å². The van der Waals surface area contributed by atoms with Crippen LogP contribution in [-0.4, -0.2) is 16.8 Å². The fourth-order valence-corrected chi connectivity index (χ4v) is 0.548. The lowest BCUT2D eigenvalue weighted by Gasteiger charge is -2.23. The van der Waals surface area contributed by atoms with Crippen molar-refractivity contribution in [1.29, 1.82) is 0 Å². The first-order chi connectivity index (χ1) is 4.50. The largest absolute Gasteiger partial charge is 0.546 e. The van der Waals surface area contributed by atoms with Gasteiger partial charge in [-0.3, -0.25) is 5.73 Å². The molecule has 1 atom stereocenters. The van der Waals surface area contributed by atoms with Crippen LogP contribution in [0.5, 0.6) is 0 Å². The Morgan fingerprint density at radius 3 is 2.60 bits per heavy atom. The lowest BCUT2D eigenvalue weighted by atomic mass is 10.1. The summed E-state index contributed by atoms with van der Waals surface area (Å²) in [5, 5.41) is 18.9. The summed E-state index contributed by atoms with van der Waals surface area (Å²) in [5.41, 5.74) is 2.80. The van der Waals surface area contributed by atoms with E-state index in [9.17, 15) is 9.90 Å². The predicted octanol–water partition coefficient (Wildman–Crippen LogP) is -1.43. The molecular weight excluding hydrogens is 134 g/mol. The molecule has 0 saturated heterocycles. The van der Waals surface area contributed by atoms with Gasteiger partial charge < -0.3 is 15.0 Å². The second-order valence-electron chi connectivity index (χ2n) is 2.32. The second kappa shape index (κ2) is 3.53. The molecule has 3 N–H and O–H groups in total. The summed E-state index contributed by atoms with van der Waals surface area (Å²) in [5.74, 6) is -1.61. The Kier molecular flexibility index (Phi) is 3.32. The third-order valence-electron chi connectivity index (χ3n) is 1.26. The topological polar surface area (TPSA) is 86.4 Å². The SMILES string of the molecule is CCCCC(N)(O)C(=O)[O-]. The third-order valence-corrected chi connectivity index (χ3v) is 1.26. The van der Waals surface area contributed by atoms with E-state index in [0.29, 0.717) is 6.42 Å². The van der Waals surface area contributed by atoms with Crippen molar-refractivity contribution in [1.82, 2.24) is 0 Å². The monoisotopic (exact) mass is 146 g/mol. The van der Waals surface area contributed by atoms with Gasteiger partial charge in [-0.15, -0.1) is 0 Å². The first kappa shape index (κ1) is 9.39. The van der Waals surface area contributed by atoms with Crippen LogP contribution in [0.4, 0.5) is 0 Å². The van der Waals surface area contributed by atoms with Crippen molar-refractivity contribution < 1.29 is 15.0 Å². The molecule has 0 heterocycles. The van der Waals surface area contributed by atoms with Gasteiger partial charge in [0.1, 0.15) is 0 Å². The molecule has 10 heavy (non-hydrogen) atoms. The van der Waals surface area contributed by atoms with Gasteiger partial charge in [0, 0.05) is 0 Å². The number of aliphatic hydroxyl groups is 1. The van der Waals surface area contributed by atoms with Crippen molar-refractivity contribution in [3.8, 4) is 0 Å². The Morgan fingerprint density at radius 2 is 2.30 bits per heavy atom. The average molecular weight is 146 g/mol. The van der Waals surface area contributed by atoms with Gasteiger partial charge in [0.2, 0.25) is 0 Å². The van der Waals surface area contributed by atoms with E-state index in [4.69, 9.17) is 10.8 Å². The predicted molar refractivity (Wildman–Crippen MR) is 33.7 cm³/mol. The Bertz CT molecular complexity index is 122. The van der Waals surface area contributed by atoms with Gasteiger partial charge >= 0.3 is 0 Å². The lowest BCUT2D eigenvalue weighted by molar-refractivity contribution is -0.325. The highest BCUT2D eigenvalue weighted by atomic mass is 16.4. The number of unbranched alkanes of at least 4 members (excludes halogenated alkanes) is 1. The van der Waals surface area contributed by atoms with Gasteiger partial charge in [-0.05, 0) is 12.8 Å². The number of rotatable bonds is 4. The molecule has 0 rings (SSSR count). The highest BCUT2D eigenvalue weighted by Gasteiger charge is 2.20. The quantitative estimate of drug-likeness (QED) is 0.476. The maximum atomic E-state index is 10.0. The fraction of sp³-hybridized carbons (Fsp3) is 0.833. The number of carboxylic acids is 1. The lowest BCUT2D eigenvalue weighted by Crippen LogP contribution is -2.55. The molecule has 0 aromatic heterocycles. The molecule has 0 aliphatic carbocycles. The van der Waals surface area contributed by atoms with E-state index in [-0.39, 0.29) is 6.42 Å². The molecule has 0 aliphatic heterocycles. The number of carbonyl (C=O) groups excluding carboxylic acids is 1. The number of carbonyl (C=O) groups is 1. The minimum atomic E-state index is -2.14. The molecule has 4 nitrogen and oxygen atoms in total. The van der Waals surface area contributed by atoms with Crippen LogP contribution in [0.2, 0.25) is 0 Å². The molecule has 0 spiro atoms. The van der Waals surface area contributed by atoms with Gasteiger partial charge in [0.05, 0.1) is 5.97 Å². The number of hydrogen-bond donors (Lipinski definition) is 2. The third kappa shape index (κ3) is 2.80. The summed E-state index contributed by atoms with van der Waals surface area (Å²) < 4.78 is 0. The number of hydrogen-bond acceptors (Lipinski definition) is 4. The van der Waals surface area contributed by atoms with E-state index in [1.165, 1.54) is 0 Å². The summed E-state index contributed by atoms with van der Waals surface area (Å²) in [6, 6.07) is 0. The van der Waals surface area contributed by atoms with E-state index >= 15 is 0 Å². The standard InChI is InChI=1S/C6H13NO3/c1-2-3-4-6(7,10)5(8)9/h10H,2-4,7H2,1H3,(H,8,9)/p-1. The van der Waals surface area contributed by atoms with Crippen molar-refractivity contribution in [2.45, 2.75) is 31.9 Å². The number of nitrogens with two attached hydrogens (primary N) is 1. The van der Waals surface area contributed by atoms with Gasteiger partial charge in [0.25, 0.3) is 0 Å². The normalized spacial score (nSPS) is 16.3. The summed E-state index contributed by atoms with van der Waals surface area (Å²) in [7, 11) is 0. The maximum absolute atomic E-state index is 10.0. The minimum absolute atomic E-state index is 0.0475. The molecular formula is C6H12NO3-. The van der Waals surface area contributed by atoms with Crippen LogP contribution in [0.25, 0.3) is 0 Å². The van der Waals surface area contributed by atoms with Crippen LogP contribution in [0.3, 0.4) is 0 Å². The van der Waals surface area contributed by atoms with Crippen molar-refractivity contribution in [3.63, 3.8) is 0 Å². The van der Waals surface area contributed by atoms with Gasteiger partial charge in [-0.1, -0.05) is 13.3 Å². The minimum Gasteiger partial charge on any atom is -0.546 e. The highest BCUT2D eigenvalue weighted by molar-refractivity contribution is 5.73. The molecule has 0 bridgehead atoms. The Morgan fingerprint density at radius 1 is 1.80 bits per heavy atom. The van der Waals surface area contributed by atoms with E-state index in [1.807, 2.05) is 6.92 Å². The summed E-state index contributed by atoms with van der Waals surface area (Å²) in [6.45, 7) is 1.88. The van der Waals surface area contributed by atoms with Crippen LogP contribution in [0.15, 0.2) is 0 Å². The Hall–Kier alpha value is -0.610. The molecule has 0 aromatic rings. The average Bonchev–Trinajstić information content (AvgIpc) is 1.84. The zero-order chi connectivity index (χ0) is 8.20. The summed E-state index contributed by atoms with van der Waals surface area (Å²) >= 11 is 0. The molecule has 0 amide bonds.